The fraction of sp³-hybridized carbons (Fsp3) is 0.733. The predicted octanol–water partition coefficient (Wildman–Crippen LogP) is 4.07. The van der Waals surface area contributed by atoms with E-state index in [4.69, 9.17) is 4.74 Å². The number of esters is 1. The molecule has 1 aliphatic carbocycles. The highest BCUT2D eigenvalue weighted by Gasteiger charge is 2.48. The standard InChI is InChI=1S/C15H19F5N2O2/c1-4-24-13(23)11-8(2)12(14(3,16)17)21-22(11)7-9-5-10(6-9)15(18,19)20/h9-10H,4-7H2,1-3H3/t9-,10+. The second-order valence-electron chi connectivity index (χ2n) is 6.19. The summed E-state index contributed by atoms with van der Waals surface area (Å²) < 4.78 is 70.8. The minimum atomic E-state index is -4.25. The fourth-order valence-corrected chi connectivity index (χ4v) is 2.96. The molecule has 1 heterocycles. The quantitative estimate of drug-likeness (QED) is 0.591. The number of hydrogen-bond donors (Lipinski definition) is 0. The molecule has 0 unspecified atom stereocenters. The number of hydrogen-bond acceptors (Lipinski definition) is 3. The molecule has 0 spiro atoms. The van der Waals surface area contributed by atoms with Crippen LogP contribution in [0.25, 0.3) is 0 Å². The second kappa shape index (κ2) is 6.33. The zero-order valence-corrected chi connectivity index (χ0v) is 13.6. The highest BCUT2D eigenvalue weighted by molar-refractivity contribution is 5.89. The largest absolute Gasteiger partial charge is 0.461 e. The van der Waals surface area contributed by atoms with Crippen molar-refractivity contribution in [2.24, 2.45) is 11.8 Å². The first-order valence-electron chi connectivity index (χ1n) is 7.64. The van der Waals surface area contributed by atoms with Crippen LogP contribution in [-0.4, -0.2) is 28.5 Å². The monoisotopic (exact) mass is 354 g/mol. The summed E-state index contributed by atoms with van der Waals surface area (Å²) in [5.41, 5.74) is -0.686. The number of halogens is 5. The van der Waals surface area contributed by atoms with Crippen molar-refractivity contribution in [2.45, 2.75) is 52.3 Å². The van der Waals surface area contributed by atoms with E-state index in [9.17, 15) is 26.7 Å². The summed E-state index contributed by atoms with van der Waals surface area (Å²) in [6.07, 6.45) is -4.44. The van der Waals surface area contributed by atoms with E-state index in [1.165, 1.54) is 6.92 Å². The number of carbonyl (C=O) groups is 1. The van der Waals surface area contributed by atoms with E-state index in [2.05, 4.69) is 5.10 Å². The van der Waals surface area contributed by atoms with Gasteiger partial charge in [-0.1, -0.05) is 0 Å². The molecule has 1 aromatic rings. The summed E-state index contributed by atoms with van der Waals surface area (Å²) in [6, 6.07) is 0. The maximum absolute atomic E-state index is 13.6. The smallest absolute Gasteiger partial charge is 0.391 e. The Morgan fingerprint density at radius 2 is 1.88 bits per heavy atom. The van der Waals surface area contributed by atoms with Crippen LogP contribution in [0.5, 0.6) is 0 Å². The molecule has 4 nitrogen and oxygen atoms in total. The van der Waals surface area contributed by atoms with Crippen molar-refractivity contribution >= 4 is 5.97 Å². The van der Waals surface area contributed by atoms with Gasteiger partial charge in [0.05, 0.1) is 12.5 Å². The van der Waals surface area contributed by atoms with Gasteiger partial charge in [-0.2, -0.15) is 27.1 Å². The molecule has 0 saturated heterocycles. The molecule has 1 aliphatic rings. The molecule has 9 heteroatoms. The lowest BCUT2D eigenvalue weighted by molar-refractivity contribution is -0.205. The lowest BCUT2D eigenvalue weighted by Gasteiger charge is -2.36. The molecule has 24 heavy (non-hydrogen) atoms. The molecule has 0 amide bonds. The molecule has 0 aliphatic heterocycles. The number of aromatic nitrogens is 2. The van der Waals surface area contributed by atoms with E-state index in [1.807, 2.05) is 0 Å². The van der Waals surface area contributed by atoms with Crippen molar-refractivity contribution in [1.82, 2.24) is 9.78 Å². The first kappa shape index (κ1) is 18.7. The van der Waals surface area contributed by atoms with Crippen LogP contribution < -0.4 is 0 Å². The summed E-state index contributed by atoms with van der Waals surface area (Å²) in [6.45, 7) is 3.61. The van der Waals surface area contributed by atoms with Crippen molar-refractivity contribution < 1.29 is 31.5 Å². The summed E-state index contributed by atoms with van der Waals surface area (Å²) in [5.74, 6) is -5.80. The van der Waals surface area contributed by atoms with Crippen LogP contribution in [0.3, 0.4) is 0 Å². The lowest BCUT2D eigenvalue weighted by Crippen LogP contribution is -2.38. The highest BCUT2D eigenvalue weighted by atomic mass is 19.4. The van der Waals surface area contributed by atoms with Crippen molar-refractivity contribution in [2.75, 3.05) is 6.61 Å². The Labute approximate surface area is 136 Å². The third-order valence-corrected chi connectivity index (χ3v) is 4.20. The first-order chi connectivity index (χ1) is 10.9. The van der Waals surface area contributed by atoms with Gasteiger partial charge < -0.3 is 4.74 Å². The minimum Gasteiger partial charge on any atom is -0.461 e. The molecule has 0 radical (unpaired) electrons. The van der Waals surface area contributed by atoms with Crippen molar-refractivity contribution in [1.29, 1.82) is 0 Å². The molecule has 0 bridgehead atoms. The zero-order chi connectivity index (χ0) is 18.3. The van der Waals surface area contributed by atoms with Crippen LogP contribution in [0.4, 0.5) is 22.0 Å². The Hall–Kier alpha value is -1.67. The molecule has 1 aromatic heterocycles. The Kier molecular flexibility index (Phi) is 4.92. The van der Waals surface area contributed by atoms with Gasteiger partial charge in [0.2, 0.25) is 0 Å². The Bertz CT molecular complexity index is 613. The van der Waals surface area contributed by atoms with Gasteiger partial charge in [-0.15, -0.1) is 0 Å². The number of nitrogens with zero attached hydrogens (tertiary/aromatic N) is 2. The third kappa shape index (κ3) is 3.70. The van der Waals surface area contributed by atoms with Crippen LogP contribution in [0.2, 0.25) is 0 Å². The molecule has 1 fully saturated rings. The van der Waals surface area contributed by atoms with E-state index >= 15 is 0 Å². The molecule has 1 saturated carbocycles. The molecule has 136 valence electrons. The van der Waals surface area contributed by atoms with Gasteiger partial charge in [0, 0.05) is 19.0 Å². The molecule has 0 N–H and O–H groups in total. The van der Waals surface area contributed by atoms with Crippen LogP contribution in [0.15, 0.2) is 0 Å². The number of ether oxygens (including phenoxy) is 1. The maximum atomic E-state index is 13.6. The lowest BCUT2D eigenvalue weighted by atomic mass is 9.74. The topological polar surface area (TPSA) is 44.1 Å². The SMILES string of the molecule is CCOC(=O)c1c(C)c(C(C)(F)F)nn1C[C@H]1C[C@@H](C(F)(F)F)C1. The number of rotatable bonds is 5. The normalized spacial score (nSPS) is 21.5. The van der Waals surface area contributed by atoms with Crippen molar-refractivity contribution in [3.05, 3.63) is 17.0 Å². The van der Waals surface area contributed by atoms with E-state index in [0.717, 1.165) is 4.68 Å². The third-order valence-electron chi connectivity index (χ3n) is 4.20. The van der Waals surface area contributed by atoms with E-state index in [0.29, 0.717) is 6.92 Å². The average molecular weight is 354 g/mol. The van der Waals surface area contributed by atoms with E-state index in [1.54, 1.807) is 6.92 Å². The van der Waals surface area contributed by atoms with Crippen LogP contribution in [0.1, 0.15) is 48.4 Å². The zero-order valence-electron chi connectivity index (χ0n) is 13.6. The molecular formula is C15H19F5N2O2. The first-order valence-corrected chi connectivity index (χ1v) is 7.64. The summed E-state index contributed by atoms with van der Waals surface area (Å²) in [4.78, 5) is 12.0. The average Bonchev–Trinajstić information content (AvgIpc) is 2.68. The van der Waals surface area contributed by atoms with Gasteiger partial charge in [0.15, 0.2) is 0 Å². The summed E-state index contributed by atoms with van der Waals surface area (Å²) in [7, 11) is 0. The van der Waals surface area contributed by atoms with Gasteiger partial charge in [-0.05, 0) is 32.6 Å². The second-order valence-corrected chi connectivity index (χ2v) is 6.19. The number of carbonyl (C=O) groups excluding carboxylic acids is 1. The Balaban J connectivity index is 2.24. The van der Waals surface area contributed by atoms with Gasteiger partial charge in [0.25, 0.3) is 5.92 Å². The van der Waals surface area contributed by atoms with E-state index in [-0.39, 0.29) is 43.2 Å². The molecular weight excluding hydrogens is 335 g/mol. The van der Waals surface area contributed by atoms with Crippen molar-refractivity contribution in [3.8, 4) is 0 Å². The Morgan fingerprint density at radius 3 is 2.33 bits per heavy atom. The van der Waals surface area contributed by atoms with Gasteiger partial charge >= 0.3 is 12.1 Å². The van der Waals surface area contributed by atoms with Crippen LogP contribution in [0, 0.1) is 18.8 Å². The van der Waals surface area contributed by atoms with Crippen molar-refractivity contribution in [3.63, 3.8) is 0 Å². The maximum Gasteiger partial charge on any atom is 0.391 e. The van der Waals surface area contributed by atoms with Gasteiger partial charge in [-0.25, -0.2) is 4.79 Å². The fourth-order valence-electron chi connectivity index (χ4n) is 2.96. The van der Waals surface area contributed by atoms with Gasteiger partial charge in [0.1, 0.15) is 11.4 Å². The molecule has 0 aromatic carbocycles. The minimum absolute atomic E-state index is 0.00681. The van der Waals surface area contributed by atoms with Gasteiger partial charge in [-0.3, -0.25) is 4.68 Å². The summed E-state index contributed by atoms with van der Waals surface area (Å²) in [5, 5.41) is 3.78. The number of alkyl halides is 5. The Morgan fingerprint density at radius 1 is 1.29 bits per heavy atom. The van der Waals surface area contributed by atoms with E-state index < -0.39 is 29.7 Å². The van der Waals surface area contributed by atoms with Crippen LogP contribution in [-0.2, 0) is 17.2 Å². The molecule has 0 atom stereocenters. The molecule has 2 rings (SSSR count). The highest BCUT2D eigenvalue weighted by Crippen LogP contribution is 2.45. The summed E-state index contributed by atoms with van der Waals surface area (Å²) >= 11 is 0. The predicted molar refractivity (Wildman–Crippen MR) is 74.8 cm³/mol. The van der Waals surface area contributed by atoms with Crippen LogP contribution >= 0.6 is 0 Å².